The quantitative estimate of drug-likeness (QED) is 0.624. The average molecular weight is 160 g/mol. The number of aliphatic hydroxyl groups is 1. The second kappa shape index (κ2) is 3.10. The molecule has 1 N–H and O–H groups in total. The zero-order valence-electron chi connectivity index (χ0n) is 7.31. The summed E-state index contributed by atoms with van der Waals surface area (Å²) in [6.45, 7) is 3.83. The third-order valence-corrected chi connectivity index (χ3v) is 2.82. The van der Waals surface area contributed by atoms with E-state index in [-0.39, 0.29) is 12.0 Å². The number of halogens is 1. The minimum absolute atomic E-state index is 0.0926. The summed E-state index contributed by atoms with van der Waals surface area (Å²) in [5, 5.41) is 9.16. The van der Waals surface area contributed by atoms with Crippen molar-refractivity contribution in [3.63, 3.8) is 0 Å². The molecule has 0 aliphatic heterocycles. The second-order valence-corrected chi connectivity index (χ2v) is 3.92. The van der Waals surface area contributed by atoms with Crippen molar-refractivity contribution in [2.45, 2.75) is 51.3 Å². The lowest BCUT2D eigenvalue weighted by Gasteiger charge is -2.35. The van der Waals surface area contributed by atoms with Crippen molar-refractivity contribution in [2.24, 2.45) is 5.92 Å². The fraction of sp³-hybridized carbons (Fsp3) is 1.00. The number of rotatable bonds is 1. The Morgan fingerprint density at radius 3 is 2.18 bits per heavy atom. The fourth-order valence-corrected chi connectivity index (χ4v) is 1.66. The van der Waals surface area contributed by atoms with Crippen molar-refractivity contribution in [3.05, 3.63) is 0 Å². The Morgan fingerprint density at radius 1 is 1.36 bits per heavy atom. The molecule has 66 valence electrons. The molecule has 1 aliphatic carbocycles. The molecule has 1 saturated carbocycles. The van der Waals surface area contributed by atoms with Crippen LogP contribution in [0.4, 0.5) is 4.39 Å². The van der Waals surface area contributed by atoms with Gasteiger partial charge in [-0.3, -0.25) is 0 Å². The van der Waals surface area contributed by atoms with Gasteiger partial charge in [-0.05, 0) is 31.6 Å². The lowest BCUT2D eigenvalue weighted by Crippen LogP contribution is -2.36. The van der Waals surface area contributed by atoms with Crippen molar-refractivity contribution < 1.29 is 9.50 Å². The van der Waals surface area contributed by atoms with E-state index in [0.29, 0.717) is 25.7 Å². The first kappa shape index (κ1) is 8.98. The van der Waals surface area contributed by atoms with E-state index in [9.17, 15) is 4.39 Å². The first-order valence-corrected chi connectivity index (χ1v) is 4.41. The third kappa shape index (κ3) is 1.92. The molecule has 0 heterocycles. The van der Waals surface area contributed by atoms with Crippen LogP contribution < -0.4 is 0 Å². The molecule has 0 unspecified atom stereocenters. The number of hydrogen-bond acceptors (Lipinski definition) is 1. The van der Waals surface area contributed by atoms with E-state index in [1.165, 1.54) is 0 Å². The fourth-order valence-electron chi connectivity index (χ4n) is 1.66. The Balaban J connectivity index is 2.48. The van der Waals surface area contributed by atoms with Crippen LogP contribution in [0.3, 0.4) is 0 Å². The molecule has 0 spiro atoms. The molecule has 1 fully saturated rings. The monoisotopic (exact) mass is 160 g/mol. The van der Waals surface area contributed by atoms with Crippen LogP contribution in [0.15, 0.2) is 0 Å². The summed E-state index contributed by atoms with van der Waals surface area (Å²) in [5.74, 6) is 0.0926. The lowest BCUT2D eigenvalue weighted by molar-refractivity contribution is 0.00339. The topological polar surface area (TPSA) is 20.2 Å². The van der Waals surface area contributed by atoms with E-state index in [4.69, 9.17) is 5.11 Å². The van der Waals surface area contributed by atoms with Crippen molar-refractivity contribution in [2.75, 3.05) is 0 Å². The normalized spacial score (nSPS) is 39.5. The van der Waals surface area contributed by atoms with E-state index < -0.39 is 5.67 Å². The van der Waals surface area contributed by atoms with Crippen molar-refractivity contribution >= 4 is 0 Å². The van der Waals surface area contributed by atoms with Gasteiger partial charge in [-0.15, -0.1) is 0 Å². The zero-order valence-corrected chi connectivity index (χ0v) is 7.31. The molecule has 0 saturated heterocycles. The summed E-state index contributed by atoms with van der Waals surface area (Å²) in [5.41, 5.74) is -1.00. The maximum absolute atomic E-state index is 13.8. The van der Waals surface area contributed by atoms with Gasteiger partial charge in [-0.2, -0.15) is 0 Å². The molecule has 0 bridgehead atoms. The first-order valence-electron chi connectivity index (χ1n) is 4.41. The van der Waals surface area contributed by atoms with Crippen molar-refractivity contribution in [1.29, 1.82) is 0 Å². The summed E-state index contributed by atoms with van der Waals surface area (Å²) < 4.78 is 13.8. The predicted molar refractivity (Wildman–Crippen MR) is 43.2 cm³/mol. The average Bonchev–Trinajstić information content (AvgIpc) is 1.95. The molecule has 0 atom stereocenters. The van der Waals surface area contributed by atoms with Gasteiger partial charge in [-0.1, -0.05) is 13.8 Å². The number of hydrogen-bond donors (Lipinski definition) is 1. The third-order valence-electron chi connectivity index (χ3n) is 2.82. The Bertz CT molecular complexity index is 126. The van der Waals surface area contributed by atoms with E-state index in [1.54, 1.807) is 0 Å². The largest absolute Gasteiger partial charge is 0.393 e. The van der Waals surface area contributed by atoms with Crippen LogP contribution in [0.25, 0.3) is 0 Å². The summed E-state index contributed by atoms with van der Waals surface area (Å²) in [6, 6.07) is 0. The van der Waals surface area contributed by atoms with Gasteiger partial charge in [0.2, 0.25) is 0 Å². The predicted octanol–water partition coefficient (Wildman–Crippen LogP) is 2.29. The first-order chi connectivity index (χ1) is 5.04. The van der Waals surface area contributed by atoms with Crippen LogP contribution >= 0.6 is 0 Å². The van der Waals surface area contributed by atoms with Crippen LogP contribution in [0, 0.1) is 5.92 Å². The summed E-state index contributed by atoms with van der Waals surface area (Å²) in [6.07, 6.45) is 2.08. The highest BCUT2D eigenvalue weighted by molar-refractivity contribution is 4.88. The van der Waals surface area contributed by atoms with Gasteiger partial charge >= 0.3 is 0 Å². The molecule has 0 aromatic rings. The molecule has 1 rings (SSSR count). The lowest BCUT2D eigenvalue weighted by atomic mass is 9.78. The molecule has 0 amide bonds. The molecule has 0 aromatic carbocycles. The van der Waals surface area contributed by atoms with Crippen LogP contribution in [0.5, 0.6) is 0 Å². The van der Waals surface area contributed by atoms with E-state index in [0.717, 1.165) is 0 Å². The Morgan fingerprint density at radius 2 is 1.82 bits per heavy atom. The van der Waals surface area contributed by atoms with Gasteiger partial charge in [0, 0.05) is 0 Å². The van der Waals surface area contributed by atoms with Crippen molar-refractivity contribution in [3.8, 4) is 0 Å². The Kier molecular flexibility index (Phi) is 2.53. The van der Waals surface area contributed by atoms with E-state index in [1.807, 2.05) is 13.8 Å². The summed E-state index contributed by atoms with van der Waals surface area (Å²) >= 11 is 0. The van der Waals surface area contributed by atoms with Gasteiger partial charge in [0.15, 0.2) is 0 Å². The highest BCUT2D eigenvalue weighted by Gasteiger charge is 2.37. The maximum atomic E-state index is 13.8. The molecular weight excluding hydrogens is 143 g/mol. The number of aliphatic hydroxyl groups excluding tert-OH is 1. The van der Waals surface area contributed by atoms with E-state index in [2.05, 4.69) is 0 Å². The molecule has 1 nitrogen and oxygen atoms in total. The van der Waals surface area contributed by atoms with Gasteiger partial charge in [-0.25, -0.2) is 4.39 Å². The molecule has 2 heteroatoms. The van der Waals surface area contributed by atoms with Gasteiger partial charge < -0.3 is 5.11 Å². The molecule has 11 heavy (non-hydrogen) atoms. The molecular formula is C9H17FO. The maximum Gasteiger partial charge on any atom is 0.113 e. The Hall–Kier alpha value is -0.110. The van der Waals surface area contributed by atoms with Crippen LogP contribution in [0.1, 0.15) is 39.5 Å². The van der Waals surface area contributed by atoms with Crippen LogP contribution in [-0.2, 0) is 0 Å². The van der Waals surface area contributed by atoms with Crippen molar-refractivity contribution in [1.82, 2.24) is 0 Å². The zero-order chi connectivity index (χ0) is 8.48. The van der Waals surface area contributed by atoms with Crippen LogP contribution in [0.2, 0.25) is 0 Å². The minimum Gasteiger partial charge on any atom is -0.393 e. The minimum atomic E-state index is -1.00. The standard InChI is InChI=1S/C9H17FO/c1-7(2)9(10)5-3-8(11)4-6-9/h7-8,11H,3-6H2,1-2H3. The molecule has 1 aliphatic rings. The molecule has 0 radical (unpaired) electrons. The van der Waals surface area contributed by atoms with Gasteiger partial charge in [0.1, 0.15) is 5.67 Å². The highest BCUT2D eigenvalue weighted by Crippen LogP contribution is 2.37. The molecule has 0 aromatic heterocycles. The van der Waals surface area contributed by atoms with E-state index >= 15 is 0 Å². The van der Waals surface area contributed by atoms with Gasteiger partial charge in [0.05, 0.1) is 6.10 Å². The SMILES string of the molecule is CC(C)C1(F)CCC(O)CC1. The summed E-state index contributed by atoms with van der Waals surface area (Å²) in [4.78, 5) is 0. The number of alkyl halides is 1. The van der Waals surface area contributed by atoms with Crippen LogP contribution in [-0.4, -0.2) is 16.9 Å². The Labute approximate surface area is 67.6 Å². The second-order valence-electron chi connectivity index (χ2n) is 3.92. The highest BCUT2D eigenvalue weighted by atomic mass is 19.1. The smallest absolute Gasteiger partial charge is 0.113 e. The summed E-state index contributed by atoms with van der Waals surface area (Å²) in [7, 11) is 0. The van der Waals surface area contributed by atoms with Gasteiger partial charge in [0.25, 0.3) is 0 Å².